The van der Waals surface area contributed by atoms with E-state index in [0.717, 1.165) is 19.0 Å². The molecule has 0 aliphatic heterocycles. The monoisotopic (exact) mass is 214 g/mol. The maximum atomic E-state index is 3.28. The molecule has 15 heavy (non-hydrogen) atoms. The van der Waals surface area contributed by atoms with Crippen LogP contribution in [0, 0.1) is 11.3 Å². The number of rotatable bonds is 8. The molecule has 0 aromatic heterocycles. The quantitative estimate of drug-likeness (QED) is 0.668. The Morgan fingerprint density at radius 1 is 1.27 bits per heavy atom. The Morgan fingerprint density at radius 2 is 1.87 bits per heavy atom. The normalized spacial score (nSPS) is 14.6. The summed E-state index contributed by atoms with van der Waals surface area (Å²) in [6, 6.07) is 0. The Hall–Kier alpha value is -0.0800. The fourth-order valence-corrected chi connectivity index (χ4v) is 2.02. The fourth-order valence-electron chi connectivity index (χ4n) is 2.02. The highest BCUT2D eigenvalue weighted by Crippen LogP contribution is 2.17. The first-order valence-electron chi connectivity index (χ1n) is 6.32. The van der Waals surface area contributed by atoms with Gasteiger partial charge in [-0.3, -0.25) is 0 Å². The molecule has 0 spiro atoms. The van der Waals surface area contributed by atoms with Gasteiger partial charge in [-0.25, -0.2) is 0 Å². The van der Waals surface area contributed by atoms with Crippen LogP contribution in [-0.4, -0.2) is 38.1 Å². The molecule has 0 rings (SSSR count). The Bertz CT molecular complexity index is 155. The smallest absolute Gasteiger partial charge is 0.00448 e. The zero-order valence-corrected chi connectivity index (χ0v) is 11.6. The molecule has 0 bridgehead atoms. The lowest BCUT2D eigenvalue weighted by molar-refractivity contribution is 0.163. The lowest BCUT2D eigenvalue weighted by atomic mass is 9.92. The molecule has 0 aromatic rings. The van der Waals surface area contributed by atoms with Crippen molar-refractivity contribution < 1.29 is 0 Å². The molecular formula is C13H30N2. The van der Waals surface area contributed by atoms with Crippen LogP contribution in [0.2, 0.25) is 0 Å². The highest BCUT2D eigenvalue weighted by atomic mass is 15.1. The SMILES string of the molecule is CCC(C)CN(CC)CC(C)(C)CNC. The molecule has 0 heterocycles. The van der Waals surface area contributed by atoms with Gasteiger partial charge in [0.2, 0.25) is 0 Å². The largest absolute Gasteiger partial charge is 0.319 e. The van der Waals surface area contributed by atoms with Gasteiger partial charge in [0.1, 0.15) is 0 Å². The number of hydrogen-bond acceptors (Lipinski definition) is 2. The van der Waals surface area contributed by atoms with Crippen molar-refractivity contribution in [2.45, 2.75) is 41.0 Å². The third-order valence-electron chi connectivity index (χ3n) is 3.02. The van der Waals surface area contributed by atoms with Gasteiger partial charge < -0.3 is 10.2 Å². The van der Waals surface area contributed by atoms with Crippen molar-refractivity contribution in [3.8, 4) is 0 Å². The van der Waals surface area contributed by atoms with Crippen molar-refractivity contribution in [3.05, 3.63) is 0 Å². The zero-order valence-electron chi connectivity index (χ0n) is 11.6. The van der Waals surface area contributed by atoms with Gasteiger partial charge in [0.25, 0.3) is 0 Å². The minimum absolute atomic E-state index is 0.373. The lowest BCUT2D eigenvalue weighted by Crippen LogP contribution is -2.41. The highest BCUT2D eigenvalue weighted by molar-refractivity contribution is 4.76. The van der Waals surface area contributed by atoms with E-state index in [1.54, 1.807) is 0 Å². The minimum Gasteiger partial charge on any atom is -0.319 e. The van der Waals surface area contributed by atoms with Crippen molar-refractivity contribution in [3.63, 3.8) is 0 Å². The van der Waals surface area contributed by atoms with Crippen LogP contribution in [0.4, 0.5) is 0 Å². The molecule has 0 saturated carbocycles. The predicted octanol–water partition coefficient (Wildman–Crippen LogP) is 2.60. The summed E-state index contributed by atoms with van der Waals surface area (Å²) in [5.41, 5.74) is 0.373. The Morgan fingerprint density at radius 3 is 2.27 bits per heavy atom. The maximum absolute atomic E-state index is 3.28. The van der Waals surface area contributed by atoms with Crippen LogP contribution < -0.4 is 5.32 Å². The second-order valence-electron chi connectivity index (χ2n) is 5.54. The molecular weight excluding hydrogens is 184 g/mol. The van der Waals surface area contributed by atoms with Crippen LogP contribution in [0.5, 0.6) is 0 Å². The van der Waals surface area contributed by atoms with Crippen molar-refractivity contribution >= 4 is 0 Å². The standard InChI is InChI=1S/C13H30N2/c1-7-12(3)9-15(8-2)11-13(4,5)10-14-6/h12,14H,7-11H2,1-6H3. The molecule has 0 saturated heterocycles. The van der Waals surface area contributed by atoms with Crippen molar-refractivity contribution in [2.75, 3.05) is 33.2 Å². The van der Waals surface area contributed by atoms with E-state index in [1.807, 2.05) is 7.05 Å². The first kappa shape index (κ1) is 14.9. The van der Waals surface area contributed by atoms with E-state index in [4.69, 9.17) is 0 Å². The molecule has 2 heteroatoms. The summed E-state index contributed by atoms with van der Waals surface area (Å²) in [6.07, 6.45) is 1.28. The van der Waals surface area contributed by atoms with Crippen molar-refractivity contribution in [1.29, 1.82) is 0 Å². The Kier molecular flexibility index (Phi) is 7.20. The molecule has 0 aliphatic rings. The third-order valence-corrected chi connectivity index (χ3v) is 3.02. The molecule has 0 radical (unpaired) electrons. The zero-order chi connectivity index (χ0) is 11.9. The van der Waals surface area contributed by atoms with E-state index in [9.17, 15) is 0 Å². The molecule has 1 unspecified atom stereocenters. The first-order chi connectivity index (χ1) is 6.95. The van der Waals surface area contributed by atoms with E-state index < -0.39 is 0 Å². The van der Waals surface area contributed by atoms with Crippen LogP contribution in [0.25, 0.3) is 0 Å². The van der Waals surface area contributed by atoms with Crippen LogP contribution in [-0.2, 0) is 0 Å². The molecule has 92 valence electrons. The van der Waals surface area contributed by atoms with Crippen molar-refractivity contribution in [2.24, 2.45) is 11.3 Å². The van der Waals surface area contributed by atoms with Gasteiger partial charge in [0.05, 0.1) is 0 Å². The average molecular weight is 214 g/mol. The molecule has 0 aliphatic carbocycles. The fraction of sp³-hybridized carbons (Fsp3) is 1.00. The Balaban J connectivity index is 4.07. The summed E-state index contributed by atoms with van der Waals surface area (Å²) in [4.78, 5) is 2.57. The minimum atomic E-state index is 0.373. The van der Waals surface area contributed by atoms with E-state index in [1.165, 1.54) is 19.5 Å². The van der Waals surface area contributed by atoms with E-state index in [2.05, 4.69) is 44.8 Å². The van der Waals surface area contributed by atoms with Gasteiger partial charge in [-0.05, 0) is 24.9 Å². The second-order valence-corrected chi connectivity index (χ2v) is 5.54. The predicted molar refractivity (Wildman–Crippen MR) is 69.3 cm³/mol. The summed E-state index contributed by atoms with van der Waals surface area (Å²) in [5.74, 6) is 0.815. The highest BCUT2D eigenvalue weighted by Gasteiger charge is 2.20. The average Bonchev–Trinajstić information content (AvgIpc) is 2.16. The van der Waals surface area contributed by atoms with Crippen molar-refractivity contribution in [1.82, 2.24) is 10.2 Å². The molecule has 1 N–H and O–H groups in total. The first-order valence-corrected chi connectivity index (χ1v) is 6.32. The molecule has 0 fully saturated rings. The molecule has 1 atom stereocenters. The van der Waals surface area contributed by atoms with Gasteiger partial charge in [-0.2, -0.15) is 0 Å². The van der Waals surface area contributed by atoms with Gasteiger partial charge in [-0.15, -0.1) is 0 Å². The number of nitrogens with zero attached hydrogens (tertiary/aromatic N) is 1. The summed E-state index contributed by atoms with van der Waals surface area (Å²) < 4.78 is 0. The van der Waals surface area contributed by atoms with Crippen LogP contribution in [0.15, 0.2) is 0 Å². The summed E-state index contributed by atoms with van der Waals surface area (Å²) >= 11 is 0. The second kappa shape index (κ2) is 7.24. The van der Waals surface area contributed by atoms with Crippen LogP contribution in [0.1, 0.15) is 41.0 Å². The molecule has 2 nitrogen and oxygen atoms in total. The topological polar surface area (TPSA) is 15.3 Å². The van der Waals surface area contributed by atoms with Crippen LogP contribution in [0.3, 0.4) is 0 Å². The van der Waals surface area contributed by atoms with Gasteiger partial charge in [0, 0.05) is 19.6 Å². The molecule has 0 aromatic carbocycles. The van der Waals surface area contributed by atoms with E-state index >= 15 is 0 Å². The summed E-state index contributed by atoms with van der Waals surface area (Å²) in [6.45, 7) is 16.2. The van der Waals surface area contributed by atoms with Crippen LogP contribution >= 0.6 is 0 Å². The third kappa shape index (κ3) is 6.91. The maximum Gasteiger partial charge on any atom is 0.00448 e. The number of hydrogen-bond donors (Lipinski definition) is 1. The Labute approximate surface area is 96.4 Å². The van der Waals surface area contributed by atoms with Gasteiger partial charge >= 0.3 is 0 Å². The van der Waals surface area contributed by atoms with E-state index in [0.29, 0.717) is 5.41 Å². The lowest BCUT2D eigenvalue weighted by Gasteiger charge is -2.33. The summed E-state index contributed by atoms with van der Waals surface area (Å²) in [7, 11) is 2.03. The number of nitrogens with one attached hydrogen (secondary N) is 1. The van der Waals surface area contributed by atoms with Gasteiger partial charge in [-0.1, -0.05) is 41.0 Å². The summed E-state index contributed by atoms with van der Waals surface area (Å²) in [5, 5.41) is 3.28. The van der Waals surface area contributed by atoms with Gasteiger partial charge in [0.15, 0.2) is 0 Å². The van der Waals surface area contributed by atoms with E-state index in [-0.39, 0.29) is 0 Å². The molecule has 0 amide bonds.